The van der Waals surface area contributed by atoms with Gasteiger partial charge in [-0.1, -0.05) is 11.6 Å². The molecule has 0 bridgehead atoms. The molecule has 0 unspecified atom stereocenters. The van der Waals surface area contributed by atoms with Crippen molar-refractivity contribution in [2.24, 2.45) is 5.41 Å². The summed E-state index contributed by atoms with van der Waals surface area (Å²) >= 11 is 5.90. The number of ether oxygens (including phenoxy) is 2. The van der Waals surface area contributed by atoms with E-state index >= 15 is 0 Å². The highest BCUT2D eigenvalue weighted by Gasteiger charge is 2.64. The lowest BCUT2D eigenvalue weighted by Gasteiger charge is -2.33. The molecule has 1 aliphatic carbocycles. The zero-order valence-corrected chi connectivity index (χ0v) is 19.4. The molecule has 13 heteroatoms. The number of methoxy groups -OCH3 is 1. The number of rotatable bonds is 6. The molecule has 186 valence electrons. The molecule has 1 amide bonds. The maximum Gasteiger partial charge on any atom is 0.397 e. The third kappa shape index (κ3) is 4.54. The maximum atomic E-state index is 13.2. The van der Waals surface area contributed by atoms with Gasteiger partial charge in [-0.3, -0.25) is 4.79 Å². The highest BCUT2D eigenvalue weighted by atomic mass is 35.5. The monoisotopic (exact) mass is 511 g/mol. The van der Waals surface area contributed by atoms with E-state index in [0.29, 0.717) is 48.6 Å². The number of aromatic nitrogens is 3. The fraction of sp³-hybridized carbons (Fsp3) is 0.455. The summed E-state index contributed by atoms with van der Waals surface area (Å²) in [6, 6.07) is 5.15. The summed E-state index contributed by atoms with van der Waals surface area (Å²) in [5.74, 6) is -0.249. The molecule has 1 aliphatic heterocycles. The van der Waals surface area contributed by atoms with Crippen molar-refractivity contribution in [2.75, 3.05) is 44.8 Å². The van der Waals surface area contributed by atoms with Gasteiger partial charge < -0.3 is 23.7 Å². The second-order valence-electron chi connectivity index (χ2n) is 8.53. The first-order chi connectivity index (χ1) is 16.7. The summed E-state index contributed by atoms with van der Waals surface area (Å²) < 4.78 is 55.8. The second-order valence-corrected chi connectivity index (χ2v) is 8.92. The van der Waals surface area contributed by atoms with E-state index in [1.165, 1.54) is 19.4 Å². The van der Waals surface area contributed by atoms with Crippen LogP contribution in [-0.4, -0.2) is 71.8 Å². The molecule has 2 fully saturated rings. The number of carbonyl (C=O) groups is 1. The topological polar surface area (TPSA) is 93.8 Å². The molecular weight excluding hydrogens is 491 g/mol. The Kier molecular flexibility index (Phi) is 5.86. The van der Waals surface area contributed by atoms with Crippen LogP contribution in [0.1, 0.15) is 23.2 Å². The number of carbonyl (C=O) groups excluding carboxylic acids is 1. The van der Waals surface area contributed by atoms with Gasteiger partial charge in [0.2, 0.25) is 5.65 Å². The first-order valence-electron chi connectivity index (χ1n) is 10.9. The molecule has 0 spiro atoms. The molecule has 3 aromatic rings. The number of anilines is 1. The molecule has 3 aromatic heterocycles. The molecule has 0 aromatic carbocycles. The van der Waals surface area contributed by atoms with Crippen LogP contribution in [0.2, 0.25) is 5.15 Å². The molecule has 4 heterocycles. The van der Waals surface area contributed by atoms with Crippen LogP contribution in [0.3, 0.4) is 0 Å². The Balaban J connectivity index is 1.22. The predicted molar refractivity (Wildman–Crippen MR) is 119 cm³/mol. The van der Waals surface area contributed by atoms with Crippen molar-refractivity contribution >= 4 is 34.8 Å². The largest absolute Gasteiger partial charge is 0.491 e. The van der Waals surface area contributed by atoms with E-state index in [1.54, 1.807) is 17.0 Å². The minimum absolute atomic E-state index is 0.0230. The first kappa shape index (κ1) is 23.5. The van der Waals surface area contributed by atoms with Gasteiger partial charge in [0.05, 0.1) is 12.7 Å². The number of amides is 1. The van der Waals surface area contributed by atoms with E-state index in [-0.39, 0.29) is 35.9 Å². The summed E-state index contributed by atoms with van der Waals surface area (Å²) in [5.41, 5.74) is -0.647. The second kappa shape index (κ2) is 8.74. The van der Waals surface area contributed by atoms with Crippen LogP contribution < -0.4 is 14.4 Å². The number of hydrogen-bond acceptors (Lipinski definition) is 8. The van der Waals surface area contributed by atoms with Gasteiger partial charge in [0.15, 0.2) is 11.3 Å². The van der Waals surface area contributed by atoms with Crippen LogP contribution in [-0.2, 0) is 0 Å². The van der Waals surface area contributed by atoms with Crippen LogP contribution in [0, 0.1) is 5.41 Å². The number of fused-ring (bicyclic) bond motifs is 1. The molecule has 0 atom stereocenters. The van der Waals surface area contributed by atoms with Crippen LogP contribution in [0.25, 0.3) is 11.2 Å². The molecule has 1 saturated carbocycles. The van der Waals surface area contributed by atoms with E-state index in [2.05, 4.69) is 15.0 Å². The number of alkyl halides is 3. The fourth-order valence-electron chi connectivity index (χ4n) is 3.87. The van der Waals surface area contributed by atoms with E-state index < -0.39 is 18.2 Å². The average Bonchev–Trinajstić information content (AvgIpc) is 3.54. The van der Waals surface area contributed by atoms with E-state index in [0.717, 1.165) is 0 Å². The summed E-state index contributed by atoms with van der Waals surface area (Å²) in [6.07, 6.45) is -3.00. The predicted octanol–water partition coefficient (Wildman–Crippen LogP) is 3.96. The molecule has 0 N–H and O–H groups in total. The van der Waals surface area contributed by atoms with Crippen molar-refractivity contribution in [3.8, 4) is 11.6 Å². The van der Waals surface area contributed by atoms with Crippen molar-refractivity contribution in [3.63, 3.8) is 0 Å². The summed E-state index contributed by atoms with van der Waals surface area (Å²) in [5, 5.41) is 0.320. The normalized spacial score (nSPS) is 17.5. The van der Waals surface area contributed by atoms with Gasteiger partial charge in [-0.25, -0.2) is 9.97 Å². The van der Waals surface area contributed by atoms with Crippen molar-refractivity contribution in [1.82, 2.24) is 19.9 Å². The zero-order chi connectivity index (χ0) is 24.8. The van der Waals surface area contributed by atoms with Crippen molar-refractivity contribution in [2.45, 2.75) is 19.0 Å². The minimum Gasteiger partial charge on any atom is -0.491 e. The van der Waals surface area contributed by atoms with Crippen molar-refractivity contribution in [1.29, 1.82) is 0 Å². The standard InChI is InChI=1S/C22H21ClF3N5O4/c1-33-15-10-13(11-27-18(15)34-12-21(4-5-21)22(24,25)26)19(32)30-6-8-31(9-7-30)20-29-17-14(35-20)2-3-16(23)28-17/h2-3,10-11H,4-9,12H2,1H3. The van der Waals surface area contributed by atoms with Gasteiger partial charge in [0.25, 0.3) is 17.8 Å². The Labute approximate surface area is 202 Å². The summed E-state index contributed by atoms with van der Waals surface area (Å²) in [7, 11) is 1.34. The Morgan fingerprint density at radius 2 is 1.94 bits per heavy atom. The molecule has 0 radical (unpaired) electrons. The van der Waals surface area contributed by atoms with Gasteiger partial charge in [0.1, 0.15) is 17.2 Å². The molecule has 9 nitrogen and oxygen atoms in total. The third-order valence-corrected chi connectivity index (χ3v) is 6.48. The fourth-order valence-corrected chi connectivity index (χ4v) is 4.02. The molecular formula is C22H21ClF3N5O4. The van der Waals surface area contributed by atoms with E-state index in [9.17, 15) is 18.0 Å². The minimum atomic E-state index is -4.33. The van der Waals surface area contributed by atoms with Gasteiger partial charge in [0, 0.05) is 38.4 Å². The van der Waals surface area contributed by atoms with Gasteiger partial charge in [-0.2, -0.15) is 18.2 Å². The Bertz CT molecular complexity index is 1260. The van der Waals surface area contributed by atoms with E-state index in [1.807, 2.05) is 4.90 Å². The number of nitrogens with zero attached hydrogens (tertiary/aromatic N) is 5. The van der Waals surface area contributed by atoms with Crippen LogP contribution in [0.4, 0.5) is 19.2 Å². The van der Waals surface area contributed by atoms with E-state index in [4.69, 9.17) is 25.5 Å². The Morgan fingerprint density at radius 3 is 2.60 bits per heavy atom. The Morgan fingerprint density at radius 1 is 1.20 bits per heavy atom. The molecule has 2 aliphatic rings. The lowest BCUT2D eigenvalue weighted by atomic mass is 10.1. The SMILES string of the molecule is COc1cc(C(=O)N2CCN(c3nc4nc(Cl)ccc4o3)CC2)cnc1OCC1(C(F)(F)F)CC1. The zero-order valence-electron chi connectivity index (χ0n) is 18.6. The van der Waals surface area contributed by atoms with Crippen LogP contribution in [0.15, 0.2) is 28.8 Å². The molecule has 5 rings (SSSR count). The number of oxazole rings is 1. The van der Waals surface area contributed by atoms with Crippen LogP contribution in [0.5, 0.6) is 11.6 Å². The number of halogens is 4. The molecule has 35 heavy (non-hydrogen) atoms. The van der Waals surface area contributed by atoms with Gasteiger partial charge in [-0.05, 0) is 25.0 Å². The maximum absolute atomic E-state index is 13.2. The Hall–Kier alpha value is -3.28. The van der Waals surface area contributed by atoms with Crippen LogP contribution >= 0.6 is 11.6 Å². The number of pyridine rings is 2. The van der Waals surface area contributed by atoms with Crippen molar-refractivity contribution < 1.29 is 31.9 Å². The first-order valence-corrected chi connectivity index (χ1v) is 11.3. The highest BCUT2D eigenvalue weighted by molar-refractivity contribution is 6.29. The van der Waals surface area contributed by atoms with Gasteiger partial charge >= 0.3 is 6.18 Å². The van der Waals surface area contributed by atoms with Crippen molar-refractivity contribution in [3.05, 3.63) is 35.1 Å². The smallest absolute Gasteiger partial charge is 0.397 e. The quantitative estimate of drug-likeness (QED) is 0.459. The third-order valence-electron chi connectivity index (χ3n) is 6.27. The average molecular weight is 512 g/mol. The number of hydrogen-bond donors (Lipinski definition) is 0. The highest BCUT2D eigenvalue weighted by Crippen LogP contribution is 2.57. The van der Waals surface area contributed by atoms with Gasteiger partial charge in [-0.15, -0.1) is 0 Å². The number of piperazine rings is 1. The summed E-state index contributed by atoms with van der Waals surface area (Å²) in [4.78, 5) is 29.1. The molecule has 1 saturated heterocycles. The summed E-state index contributed by atoms with van der Waals surface area (Å²) in [6.45, 7) is 1.24. The lowest BCUT2D eigenvalue weighted by molar-refractivity contribution is -0.194. The lowest BCUT2D eigenvalue weighted by Crippen LogP contribution is -2.49.